The summed E-state index contributed by atoms with van der Waals surface area (Å²) in [6.07, 6.45) is 52.3. The molecule has 59 heavy (non-hydrogen) atoms. The van der Waals surface area contributed by atoms with Gasteiger partial charge in [-0.25, -0.2) is 4.57 Å². The minimum Gasteiger partial charge on any atom is -0.463 e. The first kappa shape index (κ1) is 57.2. The van der Waals surface area contributed by atoms with Crippen LogP contribution in [0.25, 0.3) is 0 Å². The minimum atomic E-state index is -4.42. The molecule has 0 aromatic carbocycles. The van der Waals surface area contributed by atoms with Crippen molar-refractivity contribution in [1.82, 2.24) is 5.32 Å². The van der Waals surface area contributed by atoms with Crippen molar-refractivity contribution in [2.75, 3.05) is 26.4 Å². The number of aliphatic hydroxyl groups is 1. The molecule has 9 nitrogen and oxygen atoms in total. The van der Waals surface area contributed by atoms with Crippen LogP contribution < -0.4 is 5.32 Å². The Bertz CT molecular complexity index is 1060. The lowest BCUT2D eigenvalue weighted by atomic mass is 10.0. The van der Waals surface area contributed by atoms with Crippen molar-refractivity contribution in [1.29, 1.82) is 0 Å². The highest BCUT2D eigenvalue weighted by molar-refractivity contribution is 7.47. The number of phosphoric ester groups is 1. The maximum atomic E-state index is 12.1. The second kappa shape index (κ2) is 45.7. The number of amides is 1. The van der Waals surface area contributed by atoms with Crippen LogP contribution in [0.5, 0.6) is 0 Å². The van der Waals surface area contributed by atoms with Crippen molar-refractivity contribution in [3.8, 4) is 0 Å². The fraction of sp³-hybridized carbons (Fsp3) is 0.837. The van der Waals surface area contributed by atoms with Crippen LogP contribution in [0.15, 0.2) is 36.5 Å². The molecule has 0 aliphatic rings. The van der Waals surface area contributed by atoms with Crippen LogP contribution >= 0.6 is 7.82 Å². The summed E-state index contributed by atoms with van der Waals surface area (Å²) in [4.78, 5) is 34.0. The molecule has 3 N–H and O–H groups in total. The predicted octanol–water partition coefficient (Wildman–Crippen LogP) is 14.1. The number of aliphatic hydroxyl groups excluding tert-OH is 1. The number of carbonyl (C=O) groups excluding carboxylic acids is 2. The molecule has 0 fully saturated rings. The molecule has 0 bridgehead atoms. The van der Waals surface area contributed by atoms with E-state index in [0.717, 1.165) is 64.2 Å². The number of allylic oxidation sites excluding steroid dienone is 6. The quantitative estimate of drug-likeness (QED) is 0.0239. The van der Waals surface area contributed by atoms with E-state index >= 15 is 0 Å². The van der Waals surface area contributed by atoms with E-state index in [9.17, 15) is 24.2 Å². The Hall–Kier alpha value is -1.77. The molecule has 346 valence electrons. The predicted molar refractivity (Wildman–Crippen MR) is 247 cm³/mol. The molecule has 0 aliphatic carbocycles. The molecular formula is C49H92NO8P. The Labute approximate surface area is 363 Å². The van der Waals surface area contributed by atoms with Gasteiger partial charge in [-0.15, -0.1) is 0 Å². The molecule has 2 unspecified atom stereocenters. The van der Waals surface area contributed by atoms with E-state index in [4.69, 9.17) is 13.8 Å². The molecule has 0 aromatic heterocycles. The van der Waals surface area contributed by atoms with Gasteiger partial charge >= 0.3 is 13.8 Å². The summed E-state index contributed by atoms with van der Waals surface area (Å²) in [7, 11) is -4.42. The zero-order valence-electron chi connectivity index (χ0n) is 38.2. The molecule has 2 atom stereocenters. The Morgan fingerprint density at radius 2 is 0.915 bits per heavy atom. The van der Waals surface area contributed by atoms with E-state index in [1.165, 1.54) is 141 Å². The highest BCUT2D eigenvalue weighted by atomic mass is 31.2. The van der Waals surface area contributed by atoms with Crippen molar-refractivity contribution in [2.45, 2.75) is 238 Å². The molecule has 0 heterocycles. The Morgan fingerprint density at radius 3 is 1.41 bits per heavy atom. The molecule has 1 amide bonds. The maximum absolute atomic E-state index is 12.1. The van der Waals surface area contributed by atoms with Gasteiger partial charge in [-0.05, 0) is 70.6 Å². The summed E-state index contributed by atoms with van der Waals surface area (Å²) in [6.45, 7) is 3.53. The third-order valence-corrected chi connectivity index (χ3v) is 11.5. The standard InChI is InChI=1S/C49H92NO8P/c1-3-5-7-9-11-13-15-17-19-20-21-22-23-24-25-26-28-29-31-33-35-37-39-41-48(52)50-43-44-57-59(54,55)58-46-47(51)45-56-49(53)42-40-38-36-34-32-30-27-18-16-14-12-10-8-6-4-2/h12,14,17-19,27,47,51H,3-11,13,15-16,20-26,28-46H2,1-2H3,(H,50,52)(H,54,55)/b14-12-,19-17+,27-18-. The molecule has 0 aromatic rings. The van der Waals surface area contributed by atoms with Gasteiger partial charge in [0.1, 0.15) is 12.7 Å². The highest BCUT2D eigenvalue weighted by Gasteiger charge is 2.23. The van der Waals surface area contributed by atoms with Gasteiger partial charge in [-0.3, -0.25) is 18.6 Å². The van der Waals surface area contributed by atoms with Gasteiger partial charge in [-0.2, -0.15) is 0 Å². The summed E-state index contributed by atoms with van der Waals surface area (Å²) in [6, 6.07) is 0. The van der Waals surface area contributed by atoms with E-state index in [-0.39, 0.29) is 32.1 Å². The Kier molecular flexibility index (Phi) is 44.4. The summed E-state index contributed by atoms with van der Waals surface area (Å²) in [5.41, 5.74) is 0. The van der Waals surface area contributed by atoms with Crippen LogP contribution in [0.1, 0.15) is 232 Å². The zero-order chi connectivity index (χ0) is 43.2. The van der Waals surface area contributed by atoms with Crippen LogP contribution in [0.3, 0.4) is 0 Å². The largest absolute Gasteiger partial charge is 0.472 e. The van der Waals surface area contributed by atoms with E-state index in [1.807, 2.05) is 0 Å². The van der Waals surface area contributed by atoms with Gasteiger partial charge in [0.25, 0.3) is 0 Å². The van der Waals surface area contributed by atoms with Crippen molar-refractivity contribution in [2.24, 2.45) is 0 Å². The number of rotatable bonds is 46. The van der Waals surface area contributed by atoms with Crippen LogP contribution in [0.4, 0.5) is 0 Å². The smallest absolute Gasteiger partial charge is 0.463 e. The average Bonchev–Trinajstić information content (AvgIpc) is 3.22. The lowest BCUT2D eigenvalue weighted by Crippen LogP contribution is -2.27. The third-order valence-electron chi connectivity index (χ3n) is 10.5. The molecule has 0 saturated carbocycles. The van der Waals surface area contributed by atoms with Gasteiger partial charge in [0.05, 0.1) is 13.2 Å². The van der Waals surface area contributed by atoms with Crippen LogP contribution in [-0.4, -0.2) is 54.3 Å². The third kappa shape index (κ3) is 47.1. The Morgan fingerprint density at radius 1 is 0.525 bits per heavy atom. The summed E-state index contributed by atoms with van der Waals surface area (Å²) < 4.78 is 26.9. The van der Waals surface area contributed by atoms with Crippen molar-refractivity contribution < 1.29 is 37.9 Å². The van der Waals surface area contributed by atoms with Crippen molar-refractivity contribution >= 4 is 19.7 Å². The number of nitrogens with one attached hydrogen (secondary N) is 1. The Balaban J connectivity index is 3.55. The number of hydrogen-bond donors (Lipinski definition) is 3. The maximum Gasteiger partial charge on any atom is 0.472 e. The molecular weight excluding hydrogens is 762 g/mol. The topological polar surface area (TPSA) is 131 Å². The number of carbonyl (C=O) groups is 2. The number of hydrogen-bond acceptors (Lipinski definition) is 7. The van der Waals surface area contributed by atoms with E-state index in [0.29, 0.717) is 6.42 Å². The normalized spacial score (nSPS) is 13.5. The summed E-state index contributed by atoms with van der Waals surface area (Å²) in [5, 5.41) is 12.7. The summed E-state index contributed by atoms with van der Waals surface area (Å²) >= 11 is 0. The number of unbranched alkanes of at least 4 members (excludes halogenated alkanes) is 27. The van der Waals surface area contributed by atoms with Gasteiger partial charge in [0, 0.05) is 19.4 Å². The lowest BCUT2D eigenvalue weighted by Gasteiger charge is -2.15. The van der Waals surface area contributed by atoms with Gasteiger partial charge in [-0.1, -0.05) is 185 Å². The first-order valence-corrected chi connectivity index (χ1v) is 26.0. The van der Waals surface area contributed by atoms with Crippen molar-refractivity contribution in [3.05, 3.63) is 36.5 Å². The van der Waals surface area contributed by atoms with Gasteiger partial charge in [0.15, 0.2) is 0 Å². The fourth-order valence-corrected chi connectivity index (χ4v) is 7.58. The molecule has 0 rings (SSSR count). The fourth-order valence-electron chi connectivity index (χ4n) is 6.82. The zero-order valence-corrected chi connectivity index (χ0v) is 39.1. The number of phosphoric acid groups is 1. The van der Waals surface area contributed by atoms with Crippen LogP contribution in [0, 0.1) is 0 Å². The average molecular weight is 854 g/mol. The van der Waals surface area contributed by atoms with E-state index in [1.54, 1.807) is 0 Å². The highest BCUT2D eigenvalue weighted by Crippen LogP contribution is 2.42. The molecule has 0 aliphatic heterocycles. The van der Waals surface area contributed by atoms with Crippen molar-refractivity contribution in [3.63, 3.8) is 0 Å². The van der Waals surface area contributed by atoms with Crippen LogP contribution in [0.2, 0.25) is 0 Å². The molecule has 0 radical (unpaired) electrons. The first-order valence-electron chi connectivity index (χ1n) is 24.5. The molecule has 0 spiro atoms. The van der Waals surface area contributed by atoms with Gasteiger partial charge in [0.2, 0.25) is 5.91 Å². The second-order valence-corrected chi connectivity index (χ2v) is 17.9. The van der Waals surface area contributed by atoms with Gasteiger partial charge < -0.3 is 20.1 Å². The SMILES string of the molecule is CCCCC/C=C\C/C=C\CCCCCCCC(=O)OCC(O)COP(=O)(O)OCCNC(=O)CCCCCCCCCCCCCCC/C=C/CCCCCCCC. The summed E-state index contributed by atoms with van der Waals surface area (Å²) in [5.74, 6) is -0.525. The monoisotopic (exact) mass is 854 g/mol. The molecule has 10 heteroatoms. The van der Waals surface area contributed by atoms with Crippen LogP contribution in [-0.2, 0) is 27.9 Å². The minimum absolute atomic E-state index is 0.0811. The lowest BCUT2D eigenvalue weighted by molar-refractivity contribution is -0.147. The second-order valence-electron chi connectivity index (χ2n) is 16.4. The molecule has 0 saturated heterocycles. The number of ether oxygens (including phenoxy) is 1. The van der Waals surface area contributed by atoms with E-state index < -0.39 is 26.5 Å². The number of esters is 1. The van der Waals surface area contributed by atoms with E-state index in [2.05, 4.69) is 55.6 Å². The first-order chi connectivity index (χ1) is 28.8.